The van der Waals surface area contributed by atoms with Gasteiger partial charge in [0.1, 0.15) is 17.2 Å². The number of carbonyl (C=O) groups excluding carboxylic acids is 2. The van der Waals surface area contributed by atoms with E-state index >= 15 is 0 Å². The summed E-state index contributed by atoms with van der Waals surface area (Å²) in [6.45, 7) is -8.95. The zero-order valence-corrected chi connectivity index (χ0v) is 15.0. The number of hydrogen-bond donors (Lipinski definition) is 2. The molecule has 0 bridgehead atoms. The van der Waals surface area contributed by atoms with Crippen LogP contribution in [-0.4, -0.2) is 45.2 Å². The monoisotopic (exact) mass is 428 g/mol. The van der Waals surface area contributed by atoms with Crippen LogP contribution < -0.4 is 10.7 Å². The van der Waals surface area contributed by atoms with Gasteiger partial charge in [0.05, 0.1) is 18.6 Å². The summed E-state index contributed by atoms with van der Waals surface area (Å²) in [4.78, 5) is 38.7. The number of nitrogens with zero attached hydrogens (tertiary/aromatic N) is 2. The van der Waals surface area contributed by atoms with Gasteiger partial charge in [-0.1, -0.05) is 6.07 Å². The molecule has 0 radical (unpaired) electrons. The molecule has 1 aromatic heterocycles. The fourth-order valence-corrected chi connectivity index (χ4v) is 3.02. The minimum atomic E-state index is -3.77. The van der Waals surface area contributed by atoms with E-state index in [4.69, 9.17) is 17.1 Å². The van der Waals surface area contributed by atoms with E-state index in [1.807, 2.05) is 0 Å². The van der Waals surface area contributed by atoms with Crippen LogP contribution in [0.3, 0.4) is 0 Å². The number of carbonyl (C=O) groups is 2. The second kappa shape index (κ2) is 7.52. The van der Waals surface area contributed by atoms with Gasteiger partial charge in [-0.15, -0.1) is 0 Å². The Kier molecular flexibility index (Phi) is 2.96. The highest BCUT2D eigenvalue weighted by Gasteiger charge is 2.41. The van der Waals surface area contributed by atoms with Gasteiger partial charge in [0, 0.05) is 37.2 Å². The summed E-state index contributed by atoms with van der Waals surface area (Å²) in [5, 5.41) is 12.7. The number of benzene rings is 1. The van der Waals surface area contributed by atoms with Crippen LogP contribution in [0.4, 0.5) is 8.78 Å². The van der Waals surface area contributed by atoms with E-state index < -0.39 is 91.0 Å². The number of aromatic nitrogens is 1. The smallest absolute Gasteiger partial charge is 0.276 e. The minimum Gasteiger partial charge on any atom is -0.503 e. The third kappa shape index (κ3) is 3.32. The van der Waals surface area contributed by atoms with E-state index in [2.05, 4.69) is 5.32 Å². The first-order valence-corrected chi connectivity index (χ1v) is 8.43. The molecule has 30 heavy (non-hydrogen) atoms. The number of rotatable bonds is 3. The van der Waals surface area contributed by atoms with Crippen LogP contribution in [0.1, 0.15) is 52.0 Å². The molecule has 2 N–H and O–H groups in total. The van der Waals surface area contributed by atoms with Gasteiger partial charge in [-0.25, -0.2) is 8.78 Å². The maximum absolute atomic E-state index is 13.9. The molecule has 1 aromatic carbocycles. The maximum Gasteiger partial charge on any atom is 0.276 e. The van der Waals surface area contributed by atoms with Crippen molar-refractivity contribution < 1.29 is 40.6 Å². The van der Waals surface area contributed by atoms with Gasteiger partial charge < -0.3 is 24.6 Å². The molecule has 2 amide bonds. The van der Waals surface area contributed by atoms with E-state index in [1.165, 1.54) is 0 Å². The molecular formula is C20H19F2N3O5. The lowest BCUT2D eigenvalue weighted by Gasteiger charge is -2.44. The lowest BCUT2D eigenvalue weighted by atomic mass is 10.1. The van der Waals surface area contributed by atoms with Crippen molar-refractivity contribution in [2.75, 3.05) is 6.56 Å². The molecule has 0 unspecified atom stereocenters. The molecule has 2 aromatic rings. The minimum absolute atomic E-state index is 0.161. The zero-order chi connectivity index (χ0) is 29.5. The van der Waals surface area contributed by atoms with E-state index in [0.29, 0.717) is 16.8 Å². The number of aromatic hydroxyl groups is 1. The van der Waals surface area contributed by atoms with Crippen LogP contribution >= 0.6 is 0 Å². The van der Waals surface area contributed by atoms with E-state index in [-0.39, 0.29) is 10.5 Å². The molecule has 1 fully saturated rings. The SMILES string of the molecule is [2H]C1([2H])O[C@@]2([2H])Cn3cc(C(=O)NCc4ccc(F)cc4F)c(=O)c(O)c3C(=O)N2[C@]([2H])(C([2H])([2H])[2H])C1([2H])[2H]. The van der Waals surface area contributed by atoms with E-state index in [9.17, 15) is 28.3 Å². The number of pyridine rings is 1. The molecular weight excluding hydrogens is 400 g/mol. The van der Waals surface area contributed by atoms with Crippen LogP contribution in [0.5, 0.6) is 5.75 Å². The van der Waals surface area contributed by atoms with Gasteiger partial charge in [0.25, 0.3) is 11.8 Å². The summed E-state index contributed by atoms with van der Waals surface area (Å²) in [5.41, 5.74) is -3.45. The Balaban J connectivity index is 1.80. The van der Waals surface area contributed by atoms with Crippen molar-refractivity contribution in [2.45, 2.75) is 38.5 Å². The Morgan fingerprint density at radius 2 is 2.27 bits per heavy atom. The maximum atomic E-state index is 13.9. The van der Waals surface area contributed by atoms with Gasteiger partial charge in [-0.2, -0.15) is 0 Å². The second-order valence-electron chi connectivity index (χ2n) is 6.33. The lowest BCUT2D eigenvalue weighted by molar-refractivity contribution is -0.112. The first kappa shape index (κ1) is 11.8. The Labute approximate surface area is 182 Å². The van der Waals surface area contributed by atoms with Crippen LogP contribution in [0, 0.1) is 11.6 Å². The number of amides is 2. The Morgan fingerprint density at radius 3 is 3.00 bits per heavy atom. The average molecular weight is 428 g/mol. The first-order valence-electron chi connectivity index (χ1n) is 12.9. The molecule has 0 spiro atoms. The van der Waals surface area contributed by atoms with Gasteiger partial charge in [-0.05, 0) is 19.3 Å². The highest BCUT2D eigenvalue weighted by Crippen LogP contribution is 2.29. The fraction of sp³-hybridized carbons (Fsp3) is 0.350. The Hall–Kier alpha value is -3.27. The number of fused-ring (bicyclic) bond motifs is 2. The molecule has 3 heterocycles. The fourth-order valence-electron chi connectivity index (χ4n) is 3.02. The van der Waals surface area contributed by atoms with Crippen molar-refractivity contribution in [3.05, 3.63) is 63.1 Å². The third-order valence-corrected chi connectivity index (χ3v) is 4.48. The summed E-state index contributed by atoms with van der Waals surface area (Å²) in [5.74, 6) is -6.21. The Morgan fingerprint density at radius 1 is 1.47 bits per heavy atom. The summed E-state index contributed by atoms with van der Waals surface area (Å²) in [6.07, 6.45) is -6.16. The number of ether oxygens (including phenoxy) is 1. The summed E-state index contributed by atoms with van der Waals surface area (Å²) < 4.78 is 105. The van der Waals surface area contributed by atoms with Gasteiger partial charge >= 0.3 is 0 Å². The van der Waals surface area contributed by atoms with Gasteiger partial charge in [0.15, 0.2) is 17.6 Å². The first-order chi connectivity index (χ1) is 17.7. The van der Waals surface area contributed by atoms with Crippen LogP contribution in [0.25, 0.3) is 0 Å². The molecule has 0 aliphatic carbocycles. The van der Waals surface area contributed by atoms with Crippen molar-refractivity contribution in [1.82, 2.24) is 14.8 Å². The van der Waals surface area contributed by atoms with Crippen molar-refractivity contribution in [3.8, 4) is 5.75 Å². The highest BCUT2D eigenvalue weighted by atomic mass is 19.1. The highest BCUT2D eigenvalue weighted by molar-refractivity contribution is 5.99. The molecule has 2 aliphatic heterocycles. The van der Waals surface area contributed by atoms with Crippen molar-refractivity contribution in [1.29, 1.82) is 0 Å². The third-order valence-electron chi connectivity index (χ3n) is 4.48. The average Bonchev–Trinajstić information content (AvgIpc) is 2.77. The van der Waals surface area contributed by atoms with Crippen molar-refractivity contribution >= 4 is 11.8 Å². The summed E-state index contributed by atoms with van der Waals surface area (Å²) >= 11 is 0. The van der Waals surface area contributed by atoms with E-state index in [0.717, 1.165) is 12.1 Å². The summed E-state index contributed by atoms with van der Waals surface area (Å²) in [7, 11) is 0. The molecule has 4 rings (SSSR count). The summed E-state index contributed by atoms with van der Waals surface area (Å²) in [6, 6.07) is -1.26. The second-order valence-corrected chi connectivity index (χ2v) is 6.33. The molecule has 8 nitrogen and oxygen atoms in total. The standard InChI is InChI=1S/C20H19F2N3O5/c1-10-4-5-30-15-9-24-8-13(17(26)18(27)16(24)20(29)25(10)15)19(28)23-7-11-2-3-12(21)6-14(11)22/h2-3,6,8,10,15,27H,4-5,7,9H2,1H3,(H,23,28)/t10-,15+/m1/s1/i1D3,4D2,5D2,10D,15D. The normalized spacial score (nSPS) is 33.6. The predicted molar refractivity (Wildman–Crippen MR) is 99.9 cm³/mol. The molecule has 1 saturated heterocycles. The molecule has 10 heteroatoms. The van der Waals surface area contributed by atoms with Crippen LogP contribution in [-0.2, 0) is 17.8 Å². The molecule has 158 valence electrons. The predicted octanol–water partition coefficient (Wildman–Crippen LogP) is 1.35. The quantitative estimate of drug-likeness (QED) is 0.769. The van der Waals surface area contributed by atoms with E-state index in [1.54, 1.807) is 0 Å². The number of hydrogen-bond acceptors (Lipinski definition) is 5. The van der Waals surface area contributed by atoms with Crippen molar-refractivity contribution in [2.24, 2.45) is 0 Å². The molecule has 0 saturated carbocycles. The van der Waals surface area contributed by atoms with Crippen LogP contribution in [0.2, 0.25) is 0 Å². The van der Waals surface area contributed by atoms with Gasteiger partial charge in [0.2, 0.25) is 5.43 Å². The number of nitrogens with one attached hydrogen (secondary N) is 1. The molecule has 2 atom stereocenters. The molecule has 2 aliphatic rings. The van der Waals surface area contributed by atoms with Crippen LogP contribution in [0.15, 0.2) is 29.2 Å². The Bertz CT molecular complexity index is 1470. The number of halogens is 2. The van der Waals surface area contributed by atoms with Crippen molar-refractivity contribution in [3.63, 3.8) is 0 Å². The zero-order valence-electron chi connectivity index (χ0n) is 24.0. The topological polar surface area (TPSA) is 101 Å². The lowest BCUT2D eigenvalue weighted by Crippen LogP contribution is -2.57. The largest absolute Gasteiger partial charge is 0.503 e. The van der Waals surface area contributed by atoms with Gasteiger partial charge in [-0.3, -0.25) is 14.4 Å².